The highest BCUT2D eigenvalue weighted by Gasteiger charge is 2.20. The minimum Gasteiger partial charge on any atom is -0.342 e. The number of thioether (sulfide) groups is 1. The van der Waals surface area contributed by atoms with Crippen LogP contribution in [-0.2, 0) is 12.3 Å². The number of nitrogens with one attached hydrogen (secondary N) is 1. The van der Waals surface area contributed by atoms with Gasteiger partial charge in [0, 0.05) is 27.9 Å². The van der Waals surface area contributed by atoms with Gasteiger partial charge in [-0.3, -0.25) is 4.79 Å². The van der Waals surface area contributed by atoms with Crippen molar-refractivity contribution in [3.63, 3.8) is 0 Å². The van der Waals surface area contributed by atoms with E-state index >= 15 is 0 Å². The molecule has 0 aliphatic carbocycles. The normalized spacial score (nSPS) is 11.9. The monoisotopic (exact) mass is 460 g/mol. The van der Waals surface area contributed by atoms with Crippen molar-refractivity contribution in [2.45, 2.75) is 37.3 Å². The Morgan fingerprint density at radius 2 is 2.07 bits per heavy atom. The third kappa shape index (κ3) is 5.45. The Morgan fingerprint density at radius 3 is 2.77 bits per heavy atom. The number of allylic oxidation sites excluding steroid dienone is 1. The van der Waals surface area contributed by atoms with Crippen LogP contribution in [0.5, 0.6) is 0 Å². The molecule has 0 radical (unpaired) electrons. The molecule has 1 amide bonds. The molecule has 0 spiro atoms. The molecule has 8 heteroatoms. The predicted octanol–water partition coefficient (Wildman–Crippen LogP) is 5.86. The molecule has 1 atom stereocenters. The molecule has 2 aromatic carbocycles. The first-order chi connectivity index (χ1) is 14.4. The number of aromatic nitrogens is 3. The summed E-state index contributed by atoms with van der Waals surface area (Å²) >= 11 is 13.8. The lowest BCUT2D eigenvalue weighted by Crippen LogP contribution is -2.28. The summed E-state index contributed by atoms with van der Waals surface area (Å²) in [5, 5.41) is 13.6. The maximum absolute atomic E-state index is 12.6. The van der Waals surface area contributed by atoms with Crippen molar-refractivity contribution in [1.29, 1.82) is 0 Å². The van der Waals surface area contributed by atoms with Crippen LogP contribution in [0.2, 0.25) is 10.0 Å². The van der Waals surface area contributed by atoms with Crippen molar-refractivity contribution in [2.75, 3.05) is 0 Å². The molecule has 1 N–H and O–H groups in total. The number of rotatable bonds is 8. The van der Waals surface area contributed by atoms with Gasteiger partial charge in [-0.15, -0.1) is 16.8 Å². The molecule has 0 aliphatic heterocycles. The van der Waals surface area contributed by atoms with Crippen LogP contribution in [0.25, 0.3) is 0 Å². The third-order valence-corrected chi connectivity index (χ3v) is 6.05. The Balaban J connectivity index is 1.75. The quantitative estimate of drug-likeness (QED) is 0.337. The first-order valence-corrected chi connectivity index (χ1v) is 11.1. The first kappa shape index (κ1) is 22.4. The zero-order valence-electron chi connectivity index (χ0n) is 16.7. The number of hydrogen-bond donors (Lipinski definition) is 1. The number of carbonyl (C=O) groups is 1. The highest BCUT2D eigenvalue weighted by Crippen LogP contribution is 2.29. The molecule has 3 aromatic rings. The van der Waals surface area contributed by atoms with E-state index in [2.05, 4.69) is 22.1 Å². The predicted molar refractivity (Wildman–Crippen MR) is 123 cm³/mol. The fraction of sp³-hybridized carbons (Fsp3) is 0.227. The number of hydrogen-bond acceptors (Lipinski definition) is 4. The van der Waals surface area contributed by atoms with Gasteiger partial charge < -0.3 is 9.88 Å². The second kappa shape index (κ2) is 10.2. The average molecular weight is 461 g/mol. The molecule has 0 bridgehead atoms. The summed E-state index contributed by atoms with van der Waals surface area (Å²) in [5.41, 5.74) is 2.61. The molecular formula is C22H22Cl2N4OS. The van der Waals surface area contributed by atoms with Gasteiger partial charge in [0.25, 0.3) is 5.91 Å². The lowest BCUT2D eigenvalue weighted by molar-refractivity contribution is 0.0937. The molecule has 30 heavy (non-hydrogen) atoms. The molecule has 0 fully saturated rings. The van der Waals surface area contributed by atoms with Gasteiger partial charge in [-0.2, -0.15) is 0 Å². The lowest BCUT2D eigenvalue weighted by Gasteiger charge is -2.15. The average Bonchev–Trinajstić information content (AvgIpc) is 3.10. The van der Waals surface area contributed by atoms with Crippen molar-refractivity contribution in [3.8, 4) is 0 Å². The van der Waals surface area contributed by atoms with E-state index in [4.69, 9.17) is 23.2 Å². The highest BCUT2D eigenvalue weighted by molar-refractivity contribution is 7.98. The van der Waals surface area contributed by atoms with Crippen LogP contribution < -0.4 is 5.32 Å². The van der Waals surface area contributed by atoms with Crippen LogP contribution >= 0.6 is 35.0 Å². The molecule has 0 aliphatic rings. The zero-order valence-corrected chi connectivity index (χ0v) is 19.1. The summed E-state index contributed by atoms with van der Waals surface area (Å²) in [6.07, 6.45) is 1.78. The van der Waals surface area contributed by atoms with Gasteiger partial charge in [-0.1, -0.05) is 64.8 Å². The van der Waals surface area contributed by atoms with E-state index in [1.807, 2.05) is 48.7 Å². The van der Waals surface area contributed by atoms with Gasteiger partial charge in [0.15, 0.2) is 11.0 Å². The van der Waals surface area contributed by atoms with Crippen LogP contribution in [0.3, 0.4) is 0 Å². The fourth-order valence-corrected chi connectivity index (χ4v) is 4.45. The summed E-state index contributed by atoms with van der Waals surface area (Å²) in [6.45, 7) is 8.21. The second-order valence-electron chi connectivity index (χ2n) is 6.83. The molecule has 3 rings (SSSR count). The van der Waals surface area contributed by atoms with Crippen molar-refractivity contribution < 1.29 is 4.79 Å². The van der Waals surface area contributed by atoms with E-state index in [0.717, 1.165) is 16.3 Å². The number of amides is 1. The number of halogens is 2. The summed E-state index contributed by atoms with van der Waals surface area (Å²) < 4.78 is 1.95. The van der Waals surface area contributed by atoms with E-state index < -0.39 is 0 Å². The standard InChI is InChI=1S/C22H22Cl2N4OS/c1-4-10-28-20(15(3)25-21(29)16-7-5-6-14(2)11-16)26-27-22(28)30-13-17-8-9-18(23)12-19(17)24/h4-9,11-12,15H,1,10,13H2,2-3H3,(H,25,29). The van der Waals surface area contributed by atoms with E-state index in [0.29, 0.717) is 33.7 Å². The lowest BCUT2D eigenvalue weighted by atomic mass is 10.1. The van der Waals surface area contributed by atoms with E-state index in [-0.39, 0.29) is 11.9 Å². The van der Waals surface area contributed by atoms with Crippen molar-refractivity contribution >= 4 is 40.9 Å². The summed E-state index contributed by atoms with van der Waals surface area (Å²) in [6, 6.07) is 12.6. The zero-order chi connectivity index (χ0) is 21.7. The van der Waals surface area contributed by atoms with Gasteiger partial charge in [0.05, 0.1) is 6.04 Å². The summed E-state index contributed by atoms with van der Waals surface area (Å²) in [5.74, 6) is 1.14. The van der Waals surface area contributed by atoms with Gasteiger partial charge in [-0.25, -0.2) is 0 Å². The number of benzene rings is 2. The number of aryl methyl sites for hydroxylation is 1. The van der Waals surface area contributed by atoms with Crippen molar-refractivity contribution in [2.24, 2.45) is 0 Å². The van der Waals surface area contributed by atoms with E-state index in [9.17, 15) is 4.79 Å². The van der Waals surface area contributed by atoms with Crippen molar-refractivity contribution in [3.05, 3.63) is 87.7 Å². The number of carbonyl (C=O) groups excluding carboxylic acids is 1. The smallest absolute Gasteiger partial charge is 0.251 e. The molecule has 5 nitrogen and oxygen atoms in total. The van der Waals surface area contributed by atoms with Gasteiger partial charge in [0.2, 0.25) is 0 Å². The molecule has 0 saturated carbocycles. The Morgan fingerprint density at radius 1 is 1.27 bits per heavy atom. The van der Waals surface area contributed by atoms with E-state index in [1.54, 1.807) is 18.2 Å². The van der Waals surface area contributed by atoms with E-state index in [1.165, 1.54) is 11.8 Å². The largest absolute Gasteiger partial charge is 0.342 e. The molecular weight excluding hydrogens is 439 g/mol. The Kier molecular flexibility index (Phi) is 7.58. The maximum atomic E-state index is 12.6. The molecule has 1 unspecified atom stereocenters. The topological polar surface area (TPSA) is 59.8 Å². The minimum absolute atomic E-state index is 0.151. The van der Waals surface area contributed by atoms with Gasteiger partial charge >= 0.3 is 0 Å². The van der Waals surface area contributed by atoms with Crippen molar-refractivity contribution in [1.82, 2.24) is 20.1 Å². The van der Waals surface area contributed by atoms with Crippen LogP contribution in [-0.4, -0.2) is 20.7 Å². The Labute approximate surface area is 190 Å². The maximum Gasteiger partial charge on any atom is 0.251 e. The van der Waals surface area contributed by atoms with Gasteiger partial charge in [0.1, 0.15) is 0 Å². The fourth-order valence-electron chi connectivity index (χ4n) is 2.94. The first-order valence-electron chi connectivity index (χ1n) is 9.37. The SMILES string of the molecule is C=CCn1c(SCc2ccc(Cl)cc2Cl)nnc1C(C)NC(=O)c1cccc(C)c1. The second-order valence-corrected chi connectivity index (χ2v) is 8.62. The molecule has 1 aromatic heterocycles. The van der Waals surface area contributed by atoms with Crippen LogP contribution in [0.4, 0.5) is 0 Å². The van der Waals surface area contributed by atoms with Gasteiger partial charge in [-0.05, 0) is 43.7 Å². The highest BCUT2D eigenvalue weighted by atomic mass is 35.5. The minimum atomic E-state index is -0.320. The molecule has 0 saturated heterocycles. The molecule has 1 heterocycles. The molecule has 156 valence electrons. The number of nitrogens with zero attached hydrogens (tertiary/aromatic N) is 3. The summed E-state index contributed by atoms with van der Waals surface area (Å²) in [4.78, 5) is 12.6. The van der Waals surface area contributed by atoms with Crippen LogP contribution in [0.15, 0.2) is 60.3 Å². The Bertz CT molecular complexity index is 1070. The Hall–Kier alpha value is -2.28. The van der Waals surface area contributed by atoms with Crippen LogP contribution in [0, 0.1) is 6.92 Å². The third-order valence-electron chi connectivity index (χ3n) is 4.44. The summed E-state index contributed by atoms with van der Waals surface area (Å²) in [7, 11) is 0. The van der Waals surface area contributed by atoms with Crippen LogP contribution in [0.1, 0.15) is 40.3 Å².